The van der Waals surface area contributed by atoms with Crippen LogP contribution in [0.1, 0.15) is 17.3 Å². The zero-order chi connectivity index (χ0) is 18.7. The van der Waals surface area contributed by atoms with Gasteiger partial charge in [0.15, 0.2) is 0 Å². The van der Waals surface area contributed by atoms with Gasteiger partial charge in [-0.1, -0.05) is 12.1 Å². The number of benzene rings is 2. The topological polar surface area (TPSA) is 94.4 Å². The second kappa shape index (κ2) is 7.14. The van der Waals surface area contributed by atoms with Gasteiger partial charge in [0, 0.05) is 23.7 Å². The van der Waals surface area contributed by atoms with Crippen LogP contribution in [0.25, 0.3) is 10.9 Å². The lowest BCUT2D eigenvalue weighted by Gasteiger charge is -2.14. The van der Waals surface area contributed by atoms with Crippen molar-refractivity contribution < 1.29 is 18.8 Å². The standard InChI is InChI=1S/C18H14FN3O4/c1-2-26-18(23)13-10-20-15-8-7-11(22(24)25)9-12(15)17(13)21-16-6-4-3-5-14(16)19/h3-10H,2H2,1H3,(H,20,21). The number of carbonyl (C=O) groups excluding carboxylic acids is 1. The number of pyridine rings is 1. The van der Waals surface area contributed by atoms with Crippen molar-refractivity contribution in [2.24, 2.45) is 0 Å². The molecule has 0 saturated heterocycles. The number of hydrogen-bond acceptors (Lipinski definition) is 6. The van der Waals surface area contributed by atoms with Gasteiger partial charge >= 0.3 is 5.97 Å². The van der Waals surface area contributed by atoms with E-state index < -0.39 is 16.7 Å². The Morgan fingerprint density at radius 3 is 2.77 bits per heavy atom. The monoisotopic (exact) mass is 355 g/mol. The van der Waals surface area contributed by atoms with Crippen molar-refractivity contribution in [3.63, 3.8) is 0 Å². The van der Waals surface area contributed by atoms with Crippen LogP contribution in [0.15, 0.2) is 48.7 Å². The van der Waals surface area contributed by atoms with Crippen LogP contribution < -0.4 is 5.32 Å². The van der Waals surface area contributed by atoms with Crippen molar-refractivity contribution in [3.05, 3.63) is 70.2 Å². The summed E-state index contributed by atoms with van der Waals surface area (Å²) in [5, 5.41) is 14.3. The number of esters is 1. The number of hydrogen-bond donors (Lipinski definition) is 1. The number of carbonyl (C=O) groups is 1. The molecule has 26 heavy (non-hydrogen) atoms. The molecule has 0 bridgehead atoms. The number of aromatic nitrogens is 1. The molecule has 0 amide bonds. The average molecular weight is 355 g/mol. The van der Waals surface area contributed by atoms with Gasteiger partial charge in [-0.05, 0) is 25.1 Å². The number of halogens is 1. The van der Waals surface area contributed by atoms with E-state index in [1.807, 2.05) is 0 Å². The Balaban J connectivity index is 2.24. The highest BCUT2D eigenvalue weighted by atomic mass is 19.1. The van der Waals surface area contributed by atoms with Gasteiger partial charge < -0.3 is 10.1 Å². The highest BCUT2D eigenvalue weighted by molar-refractivity contribution is 6.06. The molecule has 3 rings (SSSR count). The van der Waals surface area contributed by atoms with E-state index in [-0.39, 0.29) is 29.2 Å². The van der Waals surface area contributed by atoms with E-state index in [1.165, 1.54) is 42.6 Å². The third-order valence-corrected chi connectivity index (χ3v) is 3.69. The molecule has 0 fully saturated rings. The fraction of sp³-hybridized carbons (Fsp3) is 0.111. The van der Waals surface area contributed by atoms with Gasteiger partial charge in [0.1, 0.15) is 11.4 Å². The highest BCUT2D eigenvalue weighted by Crippen LogP contribution is 2.32. The van der Waals surface area contributed by atoms with Gasteiger partial charge in [-0.2, -0.15) is 0 Å². The minimum atomic E-state index is -0.660. The third kappa shape index (κ3) is 3.30. The molecule has 0 radical (unpaired) electrons. The summed E-state index contributed by atoms with van der Waals surface area (Å²) in [5.74, 6) is -1.19. The number of nitro groups is 1. The maximum absolute atomic E-state index is 14.1. The summed E-state index contributed by atoms with van der Waals surface area (Å²) in [6, 6.07) is 9.98. The SMILES string of the molecule is CCOC(=O)c1cnc2ccc([N+](=O)[O-])cc2c1Nc1ccccc1F. The van der Waals surface area contributed by atoms with Crippen LogP contribution in [-0.2, 0) is 4.74 Å². The maximum atomic E-state index is 14.1. The first-order chi connectivity index (χ1) is 12.5. The minimum Gasteiger partial charge on any atom is -0.462 e. The molecule has 2 aromatic carbocycles. The predicted octanol–water partition coefficient (Wildman–Crippen LogP) is 4.20. The van der Waals surface area contributed by atoms with Gasteiger partial charge in [-0.3, -0.25) is 15.1 Å². The second-order valence-corrected chi connectivity index (χ2v) is 5.33. The lowest BCUT2D eigenvalue weighted by atomic mass is 10.1. The highest BCUT2D eigenvalue weighted by Gasteiger charge is 2.19. The van der Waals surface area contributed by atoms with E-state index in [1.54, 1.807) is 13.0 Å². The van der Waals surface area contributed by atoms with Crippen LogP contribution in [0.4, 0.5) is 21.5 Å². The van der Waals surface area contributed by atoms with E-state index in [0.29, 0.717) is 10.9 Å². The number of ether oxygens (including phenoxy) is 1. The second-order valence-electron chi connectivity index (χ2n) is 5.33. The summed E-state index contributed by atoms with van der Waals surface area (Å²) in [7, 11) is 0. The number of para-hydroxylation sites is 1. The number of anilines is 2. The first kappa shape index (κ1) is 17.3. The van der Waals surface area contributed by atoms with E-state index in [2.05, 4.69) is 10.3 Å². The molecule has 0 atom stereocenters. The van der Waals surface area contributed by atoms with Crippen LogP contribution >= 0.6 is 0 Å². The van der Waals surface area contributed by atoms with Crippen LogP contribution in [0.2, 0.25) is 0 Å². The molecule has 8 heteroatoms. The molecule has 0 aliphatic heterocycles. The molecule has 0 saturated carbocycles. The lowest BCUT2D eigenvalue weighted by molar-refractivity contribution is -0.384. The van der Waals surface area contributed by atoms with Crippen molar-refractivity contribution in [3.8, 4) is 0 Å². The summed E-state index contributed by atoms with van der Waals surface area (Å²) >= 11 is 0. The van der Waals surface area contributed by atoms with Crippen molar-refractivity contribution in [2.75, 3.05) is 11.9 Å². The van der Waals surface area contributed by atoms with Gasteiger partial charge in [0.05, 0.1) is 28.4 Å². The van der Waals surface area contributed by atoms with E-state index in [0.717, 1.165) is 0 Å². The lowest BCUT2D eigenvalue weighted by Crippen LogP contribution is -2.10. The predicted molar refractivity (Wildman–Crippen MR) is 94.0 cm³/mol. The van der Waals surface area contributed by atoms with Crippen molar-refractivity contribution in [1.82, 2.24) is 4.98 Å². The van der Waals surface area contributed by atoms with Crippen LogP contribution in [0.5, 0.6) is 0 Å². The molecular formula is C18H14FN3O4. The summed E-state index contributed by atoms with van der Waals surface area (Å²) in [5.41, 5.74) is 0.627. The molecule has 0 aliphatic carbocycles. The molecule has 3 aromatic rings. The summed E-state index contributed by atoms with van der Waals surface area (Å²) in [6.45, 7) is 1.80. The molecule has 0 unspecified atom stereocenters. The quantitative estimate of drug-likeness (QED) is 0.419. The first-order valence-corrected chi connectivity index (χ1v) is 7.77. The Hall–Kier alpha value is -3.55. The van der Waals surface area contributed by atoms with Gasteiger partial charge in [-0.15, -0.1) is 0 Å². The first-order valence-electron chi connectivity index (χ1n) is 7.77. The number of fused-ring (bicyclic) bond motifs is 1. The number of nitrogens with one attached hydrogen (secondary N) is 1. The molecular weight excluding hydrogens is 341 g/mol. The summed E-state index contributed by atoms with van der Waals surface area (Å²) in [4.78, 5) is 27.0. The van der Waals surface area contributed by atoms with Crippen molar-refractivity contribution in [2.45, 2.75) is 6.92 Å². The van der Waals surface area contributed by atoms with E-state index in [9.17, 15) is 19.3 Å². The molecule has 1 aromatic heterocycles. The Kier molecular flexibility index (Phi) is 4.74. The number of nitro benzene ring substituents is 1. The Morgan fingerprint density at radius 1 is 1.31 bits per heavy atom. The molecule has 0 spiro atoms. The Labute approximate surface area is 147 Å². The van der Waals surface area contributed by atoms with Gasteiger partial charge in [-0.25, -0.2) is 9.18 Å². The largest absolute Gasteiger partial charge is 0.462 e. The molecule has 7 nitrogen and oxygen atoms in total. The zero-order valence-corrected chi connectivity index (χ0v) is 13.7. The number of nitrogens with zero attached hydrogens (tertiary/aromatic N) is 2. The van der Waals surface area contributed by atoms with Crippen LogP contribution in [0, 0.1) is 15.9 Å². The Bertz CT molecular complexity index is 1010. The van der Waals surface area contributed by atoms with Gasteiger partial charge in [0.25, 0.3) is 5.69 Å². The summed E-state index contributed by atoms with van der Waals surface area (Å²) in [6.07, 6.45) is 1.30. The maximum Gasteiger partial charge on any atom is 0.341 e. The number of rotatable bonds is 5. The van der Waals surface area contributed by atoms with E-state index >= 15 is 0 Å². The average Bonchev–Trinajstić information content (AvgIpc) is 2.63. The minimum absolute atomic E-state index is 0.0584. The number of non-ortho nitro benzene ring substituents is 1. The molecule has 1 heterocycles. The molecule has 1 N–H and O–H groups in total. The zero-order valence-electron chi connectivity index (χ0n) is 13.7. The fourth-order valence-corrected chi connectivity index (χ4v) is 2.49. The van der Waals surface area contributed by atoms with Crippen molar-refractivity contribution >= 4 is 33.9 Å². The molecule has 132 valence electrons. The fourth-order valence-electron chi connectivity index (χ4n) is 2.49. The van der Waals surface area contributed by atoms with Gasteiger partial charge in [0.2, 0.25) is 0 Å². The van der Waals surface area contributed by atoms with Crippen LogP contribution in [0.3, 0.4) is 0 Å². The smallest absolute Gasteiger partial charge is 0.341 e. The molecule has 0 aliphatic rings. The Morgan fingerprint density at radius 2 is 2.08 bits per heavy atom. The van der Waals surface area contributed by atoms with Crippen molar-refractivity contribution in [1.29, 1.82) is 0 Å². The van der Waals surface area contributed by atoms with E-state index in [4.69, 9.17) is 4.74 Å². The summed E-state index contributed by atoms with van der Waals surface area (Å²) < 4.78 is 19.1. The van der Waals surface area contributed by atoms with Crippen LogP contribution in [-0.4, -0.2) is 22.5 Å². The third-order valence-electron chi connectivity index (χ3n) is 3.69. The normalized spacial score (nSPS) is 10.5.